The predicted molar refractivity (Wildman–Crippen MR) is 214 cm³/mol. The highest BCUT2D eigenvalue weighted by atomic mass is 16.8. The summed E-state index contributed by atoms with van der Waals surface area (Å²) in [5, 5.41) is 0. The number of carbonyl (C=O) groups excluding carboxylic acids is 1. The van der Waals surface area contributed by atoms with Crippen molar-refractivity contribution < 1.29 is 56.9 Å². The third-order valence-corrected chi connectivity index (χ3v) is 15.8. The number of fused-ring (bicyclic) bond motifs is 7. The third kappa shape index (κ3) is 7.44. The molecule has 1 spiro atoms. The van der Waals surface area contributed by atoms with Crippen molar-refractivity contribution in [2.75, 3.05) is 6.61 Å². The molecule has 11 aliphatic heterocycles. The van der Waals surface area contributed by atoms with Crippen LogP contribution in [-0.2, 0) is 56.9 Å². The zero-order chi connectivity index (χ0) is 40.8. The van der Waals surface area contributed by atoms with Gasteiger partial charge in [-0.05, 0) is 80.8 Å². The highest BCUT2D eigenvalue weighted by molar-refractivity contribution is 5.70. The number of rotatable bonds is 5. The van der Waals surface area contributed by atoms with E-state index in [-0.39, 0.29) is 91.4 Å². The topological polar surface area (TPSA) is 119 Å². The molecule has 0 aromatic rings. The Kier molecular flexibility index (Phi) is 11.3. The molecule has 12 heteroatoms. The van der Waals surface area contributed by atoms with Crippen molar-refractivity contribution in [3.8, 4) is 0 Å². The molecule has 12 bridgehead atoms. The van der Waals surface area contributed by atoms with Crippen LogP contribution < -0.4 is 0 Å². The summed E-state index contributed by atoms with van der Waals surface area (Å²) >= 11 is 0. The van der Waals surface area contributed by atoms with Gasteiger partial charge < -0.3 is 52.1 Å². The molecule has 328 valence electrons. The van der Waals surface area contributed by atoms with Crippen molar-refractivity contribution in [3.05, 3.63) is 37.0 Å². The van der Waals surface area contributed by atoms with Gasteiger partial charge in [-0.25, -0.2) is 0 Å². The first-order valence-electron chi connectivity index (χ1n) is 23.2. The Hall–Kier alpha value is -1.71. The number of ether oxygens (including phenoxy) is 11. The van der Waals surface area contributed by atoms with Crippen LogP contribution >= 0.6 is 0 Å². The molecule has 12 nitrogen and oxygen atoms in total. The zero-order valence-electron chi connectivity index (χ0n) is 35.7. The molecular formula is C47H68O12. The van der Waals surface area contributed by atoms with E-state index in [0.29, 0.717) is 44.6 Å². The van der Waals surface area contributed by atoms with Gasteiger partial charge in [-0.2, -0.15) is 0 Å². The van der Waals surface area contributed by atoms with E-state index in [1.54, 1.807) is 6.08 Å². The number of hydrogen-bond donors (Lipinski definition) is 0. The second-order valence-corrected chi connectivity index (χ2v) is 19.9. The molecule has 0 saturated carbocycles. The lowest BCUT2D eigenvalue weighted by atomic mass is 9.78. The third-order valence-electron chi connectivity index (χ3n) is 15.8. The van der Waals surface area contributed by atoms with Crippen LogP contribution in [0.3, 0.4) is 0 Å². The highest BCUT2D eigenvalue weighted by Gasteiger charge is 2.75. The van der Waals surface area contributed by atoms with Gasteiger partial charge in [0.25, 0.3) is 0 Å². The standard InChI is InChI=1S/C47H68O12/c1-8-10-32-26(5)20-36-39(54-32)28(7)40-37(53-36)22-35-27(6)24(3)18-29(51-35)11-13-33-25(4)19-31(50-33)15-16-46-23-47(49-17-9-2)45(59-46)44-43(58-47)42(57-46)41-34(55-44)14-12-30(52-41)21-38(48)56-40/h9,24,26,28-37,39-45H,2,4,6,8,10-23H2,1,3,5,7H3. The molecule has 11 saturated heterocycles. The minimum Gasteiger partial charge on any atom is -0.459 e. The second-order valence-electron chi connectivity index (χ2n) is 19.9. The first kappa shape index (κ1) is 41.3. The Bertz CT molecular complexity index is 1620. The van der Waals surface area contributed by atoms with Crippen LogP contribution in [0.1, 0.15) is 118 Å². The molecule has 21 unspecified atom stereocenters. The van der Waals surface area contributed by atoms with Crippen LogP contribution in [0, 0.1) is 17.8 Å². The monoisotopic (exact) mass is 824 g/mol. The molecule has 0 aromatic carbocycles. The maximum absolute atomic E-state index is 14.2. The summed E-state index contributed by atoms with van der Waals surface area (Å²) in [7, 11) is 0. The van der Waals surface area contributed by atoms with Crippen LogP contribution in [0.2, 0.25) is 0 Å². The summed E-state index contributed by atoms with van der Waals surface area (Å²) in [6, 6.07) is 0. The molecule has 11 heterocycles. The SMILES string of the molecule is C=CCOC12CC34CCC5CC(=C)C(CCC6CC(C)C(=C)C(CC7OC8CC(C)C(CCC)OC8C(C)C7OC(=O)CC7CCC8OC(C(O1)C(O3)C8O7)C2O4)O6)O5. The van der Waals surface area contributed by atoms with Gasteiger partial charge in [0.2, 0.25) is 5.79 Å². The lowest BCUT2D eigenvalue weighted by Gasteiger charge is -2.51. The van der Waals surface area contributed by atoms with E-state index < -0.39 is 42.1 Å². The molecule has 0 radical (unpaired) electrons. The van der Waals surface area contributed by atoms with Crippen LogP contribution in [0.15, 0.2) is 37.0 Å². The molecule has 0 amide bonds. The smallest absolute Gasteiger partial charge is 0.308 e. The normalized spacial score (nSPS) is 53.2. The quantitative estimate of drug-likeness (QED) is 0.214. The van der Waals surface area contributed by atoms with Crippen LogP contribution in [0.5, 0.6) is 0 Å². The van der Waals surface area contributed by atoms with Gasteiger partial charge in [0.15, 0.2) is 5.79 Å². The Morgan fingerprint density at radius 1 is 0.729 bits per heavy atom. The van der Waals surface area contributed by atoms with E-state index in [4.69, 9.17) is 52.1 Å². The maximum atomic E-state index is 14.2. The number of carbonyl (C=O) groups is 1. The predicted octanol–water partition coefficient (Wildman–Crippen LogP) is 6.81. The largest absolute Gasteiger partial charge is 0.459 e. The minimum atomic E-state index is -1.02. The van der Waals surface area contributed by atoms with Gasteiger partial charge in [-0.1, -0.05) is 53.3 Å². The Morgan fingerprint density at radius 3 is 2.34 bits per heavy atom. The Labute approximate surface area is 350 Å². The molecule has 11 rings (SSSR count). The van der Waals surface area contributed by atoms with Gasteiger partial charge in [-0.15, -0.1) is 6.58 Å². The maximum Gasteiger partial charge on any atom is 0.308 e. The van der Waals surface area contributed by atoms with Gasteiger partial charge in [0.1, 0.15) is 36.6 Å². The summed E-state index contributed by atoms with van der Waals surface area (Å²) in [6.07, 6.45) is 7.87. The van der Waals surface area contributed by atoms with E-state index in [9.17, 15) is 4.79 Å². The second kappa shape index (κ2) is 16.1. The molecule has 21 atom stereocenters. The van der Waals surface area contributed by atoms with E-state index in [1.807, 2.05) is 0 Å². The fourth-order valence-corrected chi connectivity index (χ4v) is 12.7. The van der Waals surface area contributed by atoms with Crippen molar-refractivity contribution in [3.63, 3.8) is 0 Å². The van der Waals surface area contributed by atoms with Crippen LogP contribution in [0.25, 0.3) is 0 Å². The molecule has 0 N–H and O–H groups in total. The Balaban J connectivity index is 0.945. The van der Waals surface area contributed by atoms with E-state index in [2.05, 4.69) is 47.4 Å². The average Bonchev–Trinajstić information content (AvgIpc) is 3.76. The molecule has 0 aliphatic carbocycles. The zero-order valence-corrected chi connectivity index (χ0v) is 35.7. The van der Waals surface area contributed by atoms with Crippen molar-refractivity contribution in [2.45, 2.75) is 227 Å². The van der Waals surface area contributed by atoms with E-state index in [0.717, 1.165) is 62.5 Å². The van der Waals surface area contributed by atoms with Gasteiger partial charge in [-0.3, -0.25) is 4.79 Å². The summed E-state index contributed by atoms with van der Waals surface area (Å²) in [6.45, 7) is 22.1. The van der Waals surface area contributed by atoms with Crippen molar-refractivity contribution in [1.29, 1.82) is 0 Å². The average molecular weight is 825 g/mol. The Morgan fingerprint density at radius 2 is 1.51 bits per heavy atom. The van der Waals surface area contributed by atoms with Crippen molar-refractivity contribution >= 4 is 5.97 Å². The summed E-state index contributed by atoms with van der Waals surface area (Å²) < 4.78 is 75.1. The van der Waals surface area contributed by atoms with Gasteiger partial charge in [0.05, 0.1) is 80.5 Å². The van der Waals surface area contributed by atoms with Gasteiger partial charge >= 0.3 is 5.97 Å². The minimum absolute atomic E-state index is 0.00597. The van der Waals surface area contributed by atoms with E-state index >= 15 is 0 Å². The molecule has 11 aliphatic rings. The fourth-order valence-electron chi connectivity index (χ4n) is 12.7. The lowest BCUT2D eigenvalue weighted by Crippen LogP contribution is -2.62. The van der Waals surface area contributed by atoms with Crippen LogP contribution in [-0.4, -0.2) is 122 Å². The van der Waals surface area contributed by atoms with Crippen molar-refractivity contribution in [2.24, 2.45) is 17.8 Å². The summed E-state index contributed by atoms with van der Waals surface area (Å²) in [5.41, 5.74) is 2.21. The van der Waals surface area contributed by atoms with E-state index in [1.165, 1.54) is 0 Å². The molecule has 0 aromatic heterocycles. The highest BCUT2D eigenvalue weighted by Crippen LogP contribution is 2.59. The number of hydrogen-bond acceptors (Lipinski definition) is 12. The molecular weight excluding hydrogens is 757 g/mol. The van der Waals surface area contributed by atoms with Crippen LogP contribution in [0.4, 0.5) is 0 Å². The first-order valence-corrected chi connectivity index (χ1v) is 23.2. The number of esters is 1. The summed E-state index contributed by atoms with van der Waals surface area (Å²) in [5.74, 6) is -1.71. The molecule has 59 heavy (non-hydrogen) atoms. The van der Waals surface area contributed by atoms with Crippen molar-refractivity contribution in [1.82, 2.24) is 0 Å². The molecule has 11 fully saturated rings. The lowest BCUT2D eigenvalue weighted by molar-refractivity contribution is -0.305. The summed E-state index contributed by atoms with van der Waals surface area (Å²) in [4.78, 5) is 14.2. The first-order chi connectivity index (χ1) is 28.4. The fraction of sp³-hybridized carbons (Fsp3) is 0.851. The van der Waals surface area contributed by atoms with Gasteiger partial charge in [0, 0.05) is 18.8 Å².